The van der Waals surface area contributed by atoms with E-state index in [9.17, 15) is 14.0 Å². The van der Waals surface area contributed by atoms with Crippen LogP contribution in [0.3, 0.4) is 0 Å². The van der Waals surface area contributed by atoms with Gasteiger partial charge in [0.05, 0.1) is 16.8 Å². The van der Waals surface area contributed by atoms with Crippen LogP contribution in [0.25, 0.3) is 0 Å². The van der Waals surface area contributed by atoms with Gasteiger partial charge in [-0.25, -0.2) is 4.39 Å². The van der Waals surface area contributed by atoms with E-state index in [-0.39, 0.29) is 10.7 Å². The normalized spacial score (nSPS) is 11.8. The molecular weight excluding hydrogens is 313 g/mol. The number of hydrogen-bond acceptors (Lipinski definition) is 4. The van der Waals surface area contributed by atoms with Crippen molar-refractivity contribution in [3.63, 3.8) is 0 Å². The molecule has 7 nitrogen and oxygen atoms in total. The Labute approximate surface area is 130 Å². The molecule has 1 atom stereocenters. The molecule has 1 aromatic heterocycles. The van der Waals surface area contributed by atoms with Crippen molar-refractivity contribution in [1.82, 2.24) is 20.1 Å². The third kappa shape index (κ3) is 3.59. The number of nitrogens with one attached hydrogen (secondary N) is 2. The molecule has 1 heterocycles. The number of hydrogen-bond donors (Lipinski definition) is 2. The minimum atomic E-state index is -0.957. The van der Waals surface area contributed by atoms with Gasteiger partial charge >= 0.3 is 11.8 Å². The molecule has 2 amide bonds. The van der Waals surface area contributed by atoms with E-state index >= 15 is 0 Å². The van der Waals surface area contributed by atoms with Gasteiger partial charge in [0.1, 0.15) is 12.1 Å². The third-order valence-corrected chi connectivity index (χ3v) is 3.19. The summed E-state index contributed by atoms with van der Waals surface area (Å²) in [5.41, 5.74) is 0.0214. The maximum atomic E-state index is 13.1. The van der Waals surface area contributed by atoms with Crippen molar-refractivity contribution in [1.29, 1.82) is 0 Å². The second-order valence-electron chi connectivity index (χ2n) is 4.57. The quantitative estimate of drug-likeness (QED) is 0.835. The van der Waals surface area contributed by atoms with Crippen LogP contribution in [0, 0.1) is 5.82 Å². The Morgan fingerprint density at radius 2 is 2.09 bits per heavy atom. The summed E-state index contributed by atoms with van der Waals surface area (Å²) in [4.78, 5) is 23.7. The van der Waals surface area contributed by atoms with E-state index in [1.807, 2.05) is 0 Å². The fourth-order valence-corrected chi connectivity index (χ4v) is 1.95. The lowest BCUT2D eigenvalue weighted by molar-refractivity contribution is -0.136. The molecule has 2 rings (SSSR count). The van der Waals surface area contributed by atoms with Crippen molar-refractivity contribution in [2.24, 2.45) is 7.05 Å². The van der Waals surface area contributed by atoms with Gasteiger partial charge in [0.2, 0.25) is 0 Å². The number of aryl methyl sites for hydroxylation is 1. The largest absolute Gasteiger partial charge is 0.338 e. The molecule has 116 valence electrons. The van der Waals surface area contributed by atoms with Gasteiger partial charge in [0.25, 0.3) is 0 Å². The number of rotatable bonds is 3. The van der Waals surface area contributed by atoms with Gasteiger partial charge in [-0.05, 0) is 25.1 Å². The molecule has 0 fully saturated rings. The molecule has 2 N–H and O–H groups in total. The average molecular weight is 326 g/mol. The summed E-state index contributed by atoms with van der Waals surface area (Å²) in [5, 5.41) is 12.4. The molecule has 1 aromatic carbocycles. The Morgan fingerprint density at radius 3 is 2.73 bits per heavy atom. The first-order valence-electron chi connectivity index (χ1n) is 6.29. The Kier molecular flexibility index (Phi) is 4.71. The summed E-state index contributed by atoms with van der Waals surface area (Å²) in [6.07, 6.45) is 1.48. The summed E-state index contributed by atoms with van der Waals surface area (Å²) < 4.78 is 14.7. The van der Waals surface area contributed by atoms with Gasteiger partial charge in [-0.15, -0.1) is 10.2 Å². The number of carbonyl (C=O) groups is 2. The van der Waals surface area contributed by atoms with Gasteiger partial charge < -0.3 is 15.2 Å². The van der Waals surface area contributed by atoms with E-state index in [1.54, 1.807) is 18.5 Å². The van der Waals surface area contributed by atoms with Crippen LogP contribution in [-0.4, -0.2) is 26.6 Å². The predicted octanol–water partition coefficient (Wildman–Crippen LogP) is 1.42. The van der Waals surface area contributed by atoms with Gasteiger partial charge in [-0.2, -0.15) is 0 Å². The first-order chi connectivity index (χ1) is 10.4. The summed E-state index contributed by atoms with van der Waals surface area (Å²) in [6, 6.07) is 2.94. The molecule has 0 aliphatic carbocycles. The zero-order chi connectivity index (χ0) is 16.3. The average Bonchev–Trinajstić information content (AvgIpc) is 2.89. The molecule has 0 saturated heterocycles. The number of carbonyl (C=O) groups excluding carboxylic acids is 2. The zero-order valence-corrected chi connectivity index (χ0v) is 12.6. The number of halogens is 2. The Bertz CT molecular complexity index is 718. The monoisotopic (exact) mass is 325 g/mol. The Balaban J connectivity index is 2.02. The first kappa shape index (κ1) is 15.9. The maximum Gasteiger partial charge on any atom is 0.313 e. The number of benzene rings is 1. The van der Waals surface area contributed by atoms with E-state index in [1.165, 1.54) is 12.4 Å². The minimum Gasteiger partial charge on any atom is -0.338 e. The molecule has 0 bridgehead atoms. The Hall–Kier alpha value is -2.48. The highest BCUT2D eigenvalue weighted by Crippen LogP contribution is 2.22. The zero-order valence-electron chi connectivity index (χ0n) is 11.8. The van der Waals surface area contributed by atoms with Crippen LogP contribution in [0.15, 0.2) is 24.5 Å². The second-order valence-corrected chi connectivity index (χ2v) is 4.98. The van der Waals surface area contributed by atoms with Crippen LogP contribution >= 0.6 is 11.6 Å². The molecule has 0 aliphatic rings. The van der Waals surface area contributed by atoms with Crippen molar-refractivity contribution >= 4 is 29.1 Å². The van der Waals surface area contributed by atoms with Gasteiger partial charge in [-0.3, -0.25) is 9.59 Å². The van der Waals surface area contributed by atoms with Crippen LogP contribution in [0.1, 0.15) is 18.8 Å². The van der Waals surface area contributed by atoms with Crippen molar-refractivity contribution in [2.45, 2.75) is 13.0 Å². The number of nitrogens with zero attached hydrogens (tertiary/aromatic N) is 3. The van der Waals surface area contributed by atoms with Gasteiger partial charge in [0, 0.05) is 7.05 Å². The Morgan fingerprint density at radius 1 is 1.36 bits per heavy atom. The van der Waals surface area contributed by atoms with Gasteiger partial charge in [0.15, 0.2) is 5.82 Å². The number of amides is 2. The van der Waals surface area contributed by atoms with Crippen LogP contribution in [0.4, 0.5) is 10.1 Å². The predicted molar refractivity (Wildman–Crippen MR) is 77.6 cm³/mol. The van der Waals surface area contributed by atoms with Crippen molar-refractivity contribution in [3.05, 3.63) is 41.2 Å². The van der Waals surface area contributed by atoms with Crippen LogP contribution in [-0.2, 0) is 16.6 Å². The molecule has 0 spiro atoms. The summed E-state index contributed by atoms with van der Waals surface area (Å²) in [7, 11) is 1.71. The molecule has 0 radical (unpaired) electrons. The fourth-order valence-electron chi connectivity index (χ4n) is 1.78. The SMILES string of the molecule is C[C@H](NC(=O)C(=O)Nc1cc(F)ccc1Cl)c1nncn1C. The topological polar surface area (TPSA) is 88.9 Å². The van der Waals surface area contributed by atoms with Crippen molar-refractivity contribution in [2.75, 3.05) is 5.32 Å². The third-order valence-electron chi connectivity index (χ3n) is 2.86. The molecular formula is C13H13ClFN5O2. The lowest BCUT2D eigenvalue weighted by Crippen LogP contribution is -2.37. The van der Waals surface area contributed by atoms with E-state index in [0.717, 1.165) is 12.1 Å². The molecule has 22 heavy (non-hydrogen) atoms. The van der Waals surface area contributed by atoms with E-state index < -0.39 is 23.7 Å². The smallest absolute Gasteiger partial charge is 0.313 e. The van der Waals surface area contributed by atoms with Crippen LogP contribution < -0.4 is 10.6 Å². The van der Waals surface area contributed by atoms with Crippen molar-refractivity contribution in [3.8, 4) is 0 Å². The minimum absolute atomic E-state index is 0.0214. The lowest BCUT2D eigenvalue weighted by atomic mass is 10.3. The van der Waals surface area contributed by atoms with E-state index in [4.69, 9.17) is 11.6 Å². The number of anilines is 1. The standard InChI is InChI=1S/C13H13ClFN5O2/c1-7(11-19-16-6-20(11)2)17-12(21)13(22)18-10-5-8(15)3-4-9(10)14/h3-7H,1-2H3,(H,17,21)(H,18,22)/t7-/m0/s1. The van der Waals surface area contributed by atoms with Crippen LogP contribution in [0.5, 0.6) is 0 Å². The van der Waals surface area contributed by atoms with Gasteiger partial charge in [-0.1, -0.05) is 11.6 Å². The number of aromatic nitrogens is 3. The highest BCUT2D eigenvalue weighted by molar-refractivity contribution is 6.41. The summed E-state index contributed by atoms with van der Waals surface area (Å²) in [6.45, 7) is 1.66. The van der Waals surface area contributed by atoms with E-state index in [0.29, 0.717) is 5.82 Å². The second kappa shape index (κ2) is 6.52. The molecule has 0 unspecified atom stereocenters. The summed E-state index contributed by atoms with van der Waals surface area (Å²) >= 11 is 5.82. The molecule has 0 saturated carbocycles. The molecule has 2 aromatic rings. The first-order valence-corrected chi connectivity index (χ1v) is 6.67. The summed E-state index contributed by atoms with van der Waals surface area (Å²) in [5.74, 6) is -1.94. The van der Waals surface area contributed by atoms with Crippen LogP contribution in [0.2, 0.25) is 5.02 Å². The highest BCUT2D eigenvalue weighted by Gasteiger charge is 2.20. The van der Waals surface area contributed by atoms with Crippen molar-refractivity contribution < 1.29 is 14.0 Å². The maximum absolute atomic E-state index is 13.1. The lowest BCUT2D eigenvalue weighted by Gasteiger charge is -2.13. The highest BCUT2D eigenvalue weighted by atomic mass is 35.5. The van der Waals surface area contributed by atoms with E-state index in [2.05, 4.69) is 20.8 Å². The molecule has 9 heteroatoms. The molecule has 0 aliphatic heterocycles. The fraction of sp³-hybridized carbons (Fsp3) is 0.231.